The van der Waals surface area contributed by atoms with Gasteiger partial charge in [-0.05, 0) is 30.9 Å². The number of nitrogen functional groups attached to an aromatic ring is 1. The van der Waals surface area contributed by atoms with E-state index >= 15 is 0 Å². The zero-order valence-electron chi connectivity index (χ0n) is 11.4. The first-order valence-corrected chi connectivity index (χ1v) is 7.16. The number of hydrogen-bond donors (Lipinski definition) is 2. The highest BCUT2D eigenvalue weighted by molar-refractivity contribution is 5.98. The van der Waals surface area contributed by atoms with Gasteiger partial charge in [-0.15, -0.1) is 0 Å². The molecule has 0 aliphatic heterocycles. The molecule has 1 atom stereocenters. The van der Waals surface area contributed by atoms with Crippen LogP contribution < -0.4 is 11.1 Å². The summed E-state index contributed by atoms with van der Waals surface area (Å²) >= 11 is 0. The lowest BCUT2D eigenvalue weighted by molar-refractivity contribution is 0.587. The summed E-state index contributed by atoms with van der Waals surface area (Å²) in [5.74, 6) is 0.934. The van der Waals surface area contributed by atoms with Crippen molar-refractivity contribution in [2.75, 3.05) is 11.1 Å². The van der Waals surface area contributed by atoms with Gasteiger partial charge >= 0.3 is 0 Å². The summed E-state index contributed by atoms with van der Waals surface area (Å²) < 4.78 is 0. The third-order valence-electron chi connectivity index (χ3n) is 4.03. The smallest absolute Gasteiger partial charge is 0.0630 e. The lowest BCUT2D eigenvalue weighted by Crippen LogP contribution is -2.19. The summed E-state index contributed by atoms with van der Waals surface area (Å²) in [6.45, 7) is 2.24. The normalized spacial score (nSPS) is 16.5. The molecule has 0 radical (unpaired) electrons. The Morgan fingerprint density at radius 1 is 1.37 bits per heavy atom. The van der Waals surface area contributed by atoms with E-state index in [4.69, 9.17) is 5.73 Å². The van der Waals surface area contributed by atoms with E-state index in [1.54, 1.807) is 6.20 Å². The fourth-order valence-corrected chi connectivity index (χ4v) is 2.62. The molecule has 1 aromatic heterocycles. The van der Waals surface area contributed by atoms with E-state index in [0.29, 0.717) is 6.04 Å². The number of benzene rings is 1. The quantitative estimate of drug-likeness (QED) is 0.799. The van der Waals surface area contributed by atoms with E-state index in [9.17, 15) is 0 Å². The topological polar surface area (TPSA) is 50.9 Å². The maximum Gasteiger partial charge on any atom is 0.0630 e. The number of aromatic nitrogens is 1. The Kier molecular flexibility index (Phi) is 3.28. The van der Waals surface area contributed by atoms with Crippen LogP contribution in [-0.2, 0) is 0 Å². The number of fused-ring (bicyclic) bond motifs is 1. The average Bonchev–Trinajstić information content (AvgIpc) is 3.25. The molecule has 19 heavy (non-hydrogen) atoms. The summed E-state index contributed by atoms with van der Waals surface area (Å²) in [6, 6.07) is 6.69. The molecular formula is C16H21N3. The van der Waals surface area contributed by atoms with Crippen LogP contribution in [0.25, 0.3) is 10.8 Å². The highest BCUT2D eigenvalue weighted by Crippen LogP contribution is 2.36. The molecule has 1 aliphatic carbocycles. The van der Waals surface area contributed by atoms with Crippen LogP contribution >= 0.6 is 0 Å². The maximum atomic E-state index is 6.28. The van der Waals surface area contributed by atoms with E-state index in [2.05, 4.69) is 29.4 Å². The molecule has 1 saturated carbocycles. The van der Waals surface area contributed by atoms with E-state index in [-0.39, 0.29) is 0 Å². The number of pyridine rings is 1. The van der Waals surface area contributed by atoms with Gasteiger partial charge in [0.05, 0.1) is 11.4 Å². The Balaban J connectivity index is 1.85. The van der Waals surface area contributed by atoms with Crippen LogP contribution in [0, 0.1) is 5.92 Å². The minimum Gasteiger partial charge on any atom is -0.397 e. The predicted octanol–water partition coefficient (Wildman–Crippen LogP) is 3.81. The van der Waals surface area contributed by atoms with E-state index < -0.39 is 0 Å². The number of anilines is 2. The van der Waals surface area contributed by atoms with Gasteiger partial charge in [0.2, 0.25) is 0 Å². The summed E-state index contributed by atoms with van der Waals surface area (Å²) in [6.07, 6.45) is 8.86. The van der Waals surface area contributed by atoms with Gasteiger partial charge in [-0.3, -0.25) is 4.98 Å². The molecule has 1 aliphatic rings. The summed E-state index contributed by atoms with van der Waals surface area (Å²) in [5.41, 5.74) is 8.18. The van der Waals surface area contributed by atoms with Crippen LogP contribution in [0.5, 0.6) is 0 Å². The van der Waals surface area contributed by atoms with Crippen molar-refractivity contribution in [1.29, 1.82) is 0 Å². The molecule has 3 nitrogen and oxygen atoms in total. The SMILES string of the molecule is CCC(CC1CC1)Nc1ccc2cnccc2c1N. The predicted molar refractivity (Wildman–Crippen MR) is 81.2 cm³/mol. The van der Waals surface area contributed by atoms with Gasteiger partial charge in [0, 0.05) is 29.2 Å². The highest BCUT2D eigenvalue weighted by Gasteiger charge is 2.24. The number of nitrogens with zero attached hydrogens (tertiary/aromatic N) is 1. The summed E-state index contributed by atoms with van der Waals surface area (Å²) in [5, 5.41) is 5.80. The lowest BCUT2D eigenvalue weighted by Gasteiger charge is -2.20. The third-order valence-corrected chi connectivity index (χ3v) is 4.03. The molecule has 3 N–H and O–H groups in total. The summed E-state index contributed by atoms with van der Waals surface area (Å²) in [4.78, 5) is 4.13. The third kappa shape index (κ3) is 2.65. The van der Waals surface area contributed by atoms with E-state index in [1.807, 2.05) is 12.3 Å². The molecule has 1 fully saturated rings. The number of hydrogen-bond acceptors (Lipinski definition) is 3. The van der Waals surface area contributed by atoms with Crippen molar-refractivity contribution in [2.24, 2.45) is 5.92 Å². The standard InChI is InChI=1S/C16H21N3/c1-2-13(9-11-3-4-11)19-15-6-5-12-10-18-8-7-14(12)16(15)17/h5-8,10-11,13,19H,2-4,9,17H2,1H3. The lowest BCUT2D eigenvalue weighted by atomic mass is 10.1. The van der Waals surface area contributed by atoms with Gasteiger partial charge in [0.25, 0.3) is 0 Å². The Hall–Kier alpha value is -1.77. The molecule has 2 aromatic rings. The minimum absolute atomic E-state index is 0.536. The molecule has 0 amide bonds. The highest BCUT2D eigenvalue weighted by atomic mass is 14.9. The van der Waals surface area contributed by atoms with Crippen LogP contribution in [-0.4, -0.2) is 11.0 Å². The molecule has 100 valence electrons. The van der Waals surface area contributed by atoms with Crippen LogP contribution in [0.1, 0.15) is 32.6 Å². The monoisotopic (exact) mass is 255 g/mol. The Morgan fingerprint density at radius 3 is 2.95 bits per heavy atom. The van der Waals surface area contributed by atoms with Crippen molar-refractivity contribution in [2.45, 2.75) is 38.6 Å². The van der Waals surface area contributed by atoms with Crippen molar-refractivity contribution in [3.63, 3.8) is 0 Å². The van der Waals surface area contributed by atoms with Gasteiger partial charge in [0.1, 0.15) is 0 Å². The first-order chi connectivity index (χ1) is 9.28. The molecular weight excluding hydrogens is 234 g/mol. The molecule has 1 aromatic carbocycles. The van der Waals surface area contributed by atoms with Gasteiger partial charge in [-0.25, -0.2) is 0 Å². The molecule has 0 saturated heterocycles. The first-order valence-electron chi connectivity index (χ1n) is 7.16. The first kappa shape index (κ1) is 12.3. The zero-order chi connectivity index (χ0) is 13.2. The molecule has 1 heterocycles. The zero-order valence-corrected chi connectivity index (χ0v) is 11.4. The van der Waals surface area contributed by atoms with Gasteiger partial charge in [0.15, 0.2) is 0 Å². The average molecular weight is 255 g/mol. The molecule has 0 bridgehead atoms. The molecule has 1 unspecified atom stereocenters. The largest absolute Gasteiger partial charge is 0.397 e. The van der Waals surface area contributed by atoms with Crippen molar-refractivity contribution >= 4 is 22.1 Å². The van der Waals surface area contributed by atoms with Crippen molar-refractivity contribution in [3.05, 3.63) is 30.6 Å². The van der Waals surface area contributed by atoms with Crippen LogP contribution in [0.15, 0.2) is 30.6 Å². The minimum atomic E-state index is 0.536. The summed E-state index contributed by atoms with van der Waals surface area (Å²) in [7, 11) is 0. The van der Waals surface area contributed by atoms with Crippen molar-refractivity contribution in [3.8, 4) is 0 Å². The Labute approximate surface area is 114 Å². The van der Waals surface area contributed by atoms with E-state index in [0.717, 1.165) is 34.5 Å². The Bertz CT molecular complexity index is 575. The molecule has 3 heteroatoms. The van der Waals surface area contributed by atoms with Crippen LogP contribution in [0.2, 0.25) is 0 Å². The second kappa shape index (κ2) is 5.08. The van der Waals surface area contributed by atoms with Crippen LogP contribution in [0.3, 0.4) is 0 Å². The van der Waals surface area contributed by atoms with Gasteiger partial charge < -0.3 is 11.1 Å². The Morgan fingerprint density at radius 2 is 2.21 bits per heavy atom. The second-order valence-corrected chi connectivity index (χ2v) is 5.55. The van der Waals surface area contributed by atoms with E-state index in [1.165, 1.54) is 19.3 Å². The number of nitrogens with two attached hydrogens (primary N) is 1. The fourth-order valence-electron chi connectivity index (χ4n) is 2.62. The van der Waals surface area contributed by atoms with Crippen LogP contribution in [0.4, 0.5) is 11.4 Å². The van der Waals surface area contributed by atoms with Crippen molar-refractivity contribution in [1.82, 2.24) is 4.98 Å². The van der Waals surface area contributed by atoms with Gasteiger partial charge in [-0.2, -0.15) is 0 Å². The van der Waals surface area contributed by atoms with Crippen molar-refractivity contribution < 1.29 is 0 Å². The number of rotatable bonds is 5. The molecule has 3 rings (SSSR count). The maximum absolute atomic E-state index is 6.28. The molecule has 0 spiro atoms. The second-order valence-electron chi connectivity index (χ2n) is 5.55. The fraction of sp³-hybridized carbons (Fsp3) is 0.438. The number of nitrogens with one attached hydrogen (secondary N) is 1. The van der Waals surface area contributed by atoms with Gasteiger partial charge in [-0.1, -0.05) is 25.8 Å².